The molecule has 0 bridgehead atoms. The van der Waals surface area contributed by atoms with Gasteiger partial charge in [-0.05, 0) is 30.9 Å². The molecule has 0 aliphatic heterocycles. The zero-order chi connectivity index (χ0) is 13.7. The van der Waals surface area contributed by atoms with Crippen LogP contribution in [0.15, 0.2) is 24.5 Å². The van der Waals surface area contributed by atoms with Crippen LogP contribution in [0.25, 0.3) is 0 Å². The molecule has 1 aliphatic rings. The van der Waals surface area contributed by atoms with E-state index in [1.54, 1.807) is 12.4 Å². The number of carbonyl (C=O) groups excluding carboxylic acids is 2. The highest BCUT2D eigenvalue weighted by Gasteiger charge is 2.46. The van der Waals surface area contributed by atoms with E-state index in [4.69, 9.17) is 0 Å². The van der Waals surface area contributed by atoms with E-state index in [9.17, 15) is 9.59 Å². The van der Waals surface area contributed by atoms with Crippen LogP contribution in [0, 0.1) is 0 Å². The first-order valence-electron chi connectivity index (χ1n) is 6.64. The molecule has 2 N–H and O–H groups in total. The number of hydrogen-bond donors (Lipinski definition) is 2. The number of rotatable bonds is 7. The Bertz CT molecular complexity index is 443. The van der Waals surface area contributed by atoms with Gasteiger partial charge in [-0.15, -0.1) is 0 Å². The summed E-state index contributed by atoms with van der Waals surface area (Å²) in [7, 11) is 0. The average Bonchev–Trinajstić information content (AvgIpc) is 3.20. The van der Waals surface area contributed by atoms with Gasteiger partial charge in [0.2, 0.25) is 12.3 Å². The highest BCUT2D eigenvalue weighted by atomic mass is 16.2. The molecule has 1 aliphatic carbocycles. The van der Waals surface area contributed by atoms with Crippen LogP contribution in [-0.2, 0) is 15.1 Å². The Kier molecular flexibility index (Phi) is 4.14. The predicted octanol–water partition coefficient (Wildman–Crippen LogP) is 1.10. The van der Waals surface area contributed by atoms with Gasteiger partial charge < -0.3 is 10.6 Å². The van der Waals surface area contributed by atoms with Crippen molar-refractivity contribution in [3.8, 4) is 0 Å². The van der Waals surface area contributed by atoms with Crippen LogP contribution in [0.4, 0.5) is 0 Å². The SMILES string of the molecule is CCCC(NC=O)C(=O)NC1(c2cccnc2)CC1. The zero-order valence-electron chi connectivity index (χ0n) is 11.1. The van der Waals surface area contributed by atoms with E-state index >= 15 is 0 Å². The van der Waals surface area contributed by atoms with Gasteiger partial charge in [0.05, 0.1) is 5.54 Å². The van der Waals surface area contributed by atoms with Gasteiger partial charge in [-0.25, -0.2) is 0 Å². The van der Waals surface area contributed by atoms with Crippen molar-refractivity contribution in [3.05, 3.63) is 30.1 Å². The van der Waals surface area contributed by atoms with E-state index in [-0.39, 0.29) is 11.4 Å². The maximum absolute atomic E-state index is 12.2. The molecular weight excluding hydrogens is 242 g/mol. The molecule has 19 heavy (non-hydrogen) atoms. The van der Waals surface area contributed by atoms with Gasteiger partial charge in [-0.1, -0.05) is 19.4 Å². The number of nitrogens with zero attached hydrogens (tertiary/aromatic N) is 1. The number of nitrogens with one attached hydrogen (secondary N) is 2. The Morgan fingerprint density at radius 3 is 2.89 bits per heavy atom. The van der Waals surface area contributed by atoms with Crippen molar-refractivity contribution in [2.24, 2.45) is 0 Å². The molecule has 2 amide bonds. The Balaban J connectivity index is 2.04. The summed E-state index contributed by atoms with van der Waals surface area (Å²) in [5.41, 5.74) is 0.756. The summed E-state index contributed by atoms with van der Waals surface area (Å²) in [6.07, 6.45) is 7.43. The molecule has 1 atom stereocenters. The van der Waals surface area contributed by atoms with Crippen molar-refractivity contribution < 1.29 is 9.59 Å². The Hall–Kier alpha value is -1.91. The molecule has 0 aromatic carbocycles. The molecule has 5 heteroatoms. The summed E-state index contributed by atoms with van der Waals surface area (Å²) in [6, 6.07) is 3.40. The molecule has 5 nitrogen and oxygen atoms in total. The largest absolute Gasteiger partial charge is 0.347 e. The van der Waals surface area contributed by atoms with Gasteiger partial charge in [0.15, 0.2) is 0 Å². The van der Waals surface area contributed by atoms with Crippen LogP contribution in [0.5, 0.6) is 0 Å². The highest BCUT2D eigenvalue weighted by molar-refractivity contribution is 5.84. The van der Waals surface area contributed by atoms with E-state index in [1.165, 1.54) is 0 Å². The van der Waals surface area contributed by atoms with Crippen molar-refractivity contribution in [1.82, 2.24) is 15.6 Å². The lowest BCUT2D eigenvalue weighted by molar-refractivity contribution is -0.126. The van der Waals surface area contributed by atoms with Gasteiger partial charge in [0.1, 0.15) is 6.04 Å². The highest BCUT2D eigenvalue weighted by Crippen LogP contribution is 2.45. The first-order chi connectivity index (χ1) is 9.22. The minimum atomic E-state index is -0.448. The first-order valence-corrected chi connectivity index (χ1v) is 6.64. The first kappa shape index (κ1) is 13.5. The van der Waals surface area contributed by atoms with Crippen molar-refractivity contribution >= 4 is 12.3 Å². The van der Waals surface area contributed by atoms with Crippen LogP contribution >= 0.6 is 0 Å². The lowest BCUT2D eigenvalue weighted by Crippen LogP contribution is -2.47. The van der Waals surface area contributed by atoms with Crippen molar-refractivity contribution in [2.45, 2.75) is 44.2 Å². The third-order valence-corrected chi connectivity index (χ3v) is 3.49. The molecule has 1 aromatic rings. The van der Waals surface area contributed by atoms with E-state index in [1.807, 2.05) is 19.1 Å². The van der Waals surface area contributed by atoms with Crippen molar-refractivity contribution in [3.63, 3.8) is 0 Å². The third-order valence-electron chi connectivity index (χ3n) is 3.49. The lowest BCUT2D eigenvalue weighted by Gasteiger charge is -2.22. The summed E-state index contributed by atoms with van der Waals surface area (Å²) in [6.45, 7) is 1.99. The summed E-state index contributed by atoms with van der Waals surface area (Å²) >= 11 is 0. The topological polar surface area (TPSA) is 71.1 Å². The summed E-state index contributed by atoms with van der Waals surface area (Å²) < 4.78 is 0. The Morgan fingerprint density at radius 1 is 1.58 bits per heavy atom. The second kappa shape index (κ2) is 5.82. The number of amides is 2. The van der Waals surface area contributed by atoms with Gasteiger partial charge >= 0.3 is 0 Å². The third kappa shape index (κ3) is 3.10. The summed E-state index contributed by atoms with van der Waals surface area (Å²) in [5.74, 6) is -0.115. The predicted molar refractivity (Wildman–Crippen MR) is 71.2 cm³/mol. The number of pyridine rings is 1. The van der Waals surface area contributed by atoms with Gasteiger partial charge in [-0.3, -0.25) is 14.6 Å². The van der Waals surface area contributed by atoms with Crippen molar-refractivity contribution in [2.75, 3.05) is 0 Å². The minimum Gasteiger partial charge on any atom is -0.347 e. The Labute approximate surface area is 112 Å². The van der Waals surface area contributed by atoms with E-state index in [0.717, 1.165) is 24.8 Å². The van der Waals surface area contributed by atoms with Crippen molar-refractivity contribution in [1.29, 1.82) is 0 Å². The Morgan fingerprint density at radius 2 is 2.37 bits per heavy atom. The van der Waals surface area contributed by atoms with Crippen LogP contribution in [0.3, 0.4) is 0 Å². The molecule has 1 saturated carbocycles. The van der Waals surface area contributed by atoms with Gasteiger partial charge in [0, 0.05) is 12.4 Å². The average molecular weight is 261 g/mol. The van der Waals surface area contributed by atoms with E-state index in [0.29, 0.717) is 12.8 Å². The second-order valence-electron chi connectivity index (χ2n) is 4.94. The van der Waals surface area contributed by atoms with Crippen LogP contribution in [0.1, 0.15) is 38.2 Å². The van der Waals surface area contributed by atoms with E-state index in [2.05, 4.69) is 15.6 Å². The maximum atomic E-state index is 12.2. The maximum Gasteiger partial charge on any atom is 0.243 e. The molecule has 0 radical (unpaired) electrons. The second-order valence-corrected chi connectivity index (χ2v) is 4.94. The standard InChI is InChI=1S/C14H19N3O2/c1-2-4-12(16-10-18)13(19)17-14(6-7-14)11-5-3-8-15-9-11/h3,5,8-10,12H,2,4,6-7H2,1H3,(H,16,18)(H,17,19). The lowest BCUT2D eigenvalue weighted by atomic mass is 10.1. The fourth-order valence-corrected chi connectivity index (χ4v) is 2.24. The zero-order valence-corrected chi connectivity index (χ0v) is 11.1. The quantitative estimate of drug-likeness (QED) is 0.722. The van der Waals surface area contributed by atoms with Gasteiger partial charge in [-0.2, -0.15) is 0 Å². The molecule has 1 fully saturated rings. The molecule has 1 heterocycles. The number of aromatic nitrogens is 1. The fraction of sp³-hybridized carbons (Fsp3) is 0.500. The molecule has 0 spiro atoms. The van der Waals surface area contributed by atoms with Crippen LogP contribution < -0.4 is 10.6 Å². The molecule has 0 saturated heterocycles. The van der Waals surface area contributed by atoms with Gasteiger partial charge in [0.25, 0.3) is 0 Å². The summed E-state index contributed by atoms with van der Waals surface area (Å²) in [5, 5.41) is 5.63. The van der Waals surface area contributed by atoms with Crippen LogP contribution in [0.2, 0.25) is 0 Å². The molecule has 1 unspecified atom stereocenters. The van der Waals surface area contributed by atoms with E-state index < -0.39 is 6.04 Å². The minimum absolute atomic E-state index is 0.115. The molecule has 2 rings (SSSR count). The molecule has 1 aromatic heterocycles. The molecule has 102 valence electrons. The fourth-order valence-electron chi connectivity index (χ4n) is 2.24. The monoisotopic (exact) mass is 261 g/mol. The smallest absolute Gasteiger partial charge is 0.243 e. The normalized spacial score (nSPS) is 17.3. The summed E-state index contributed by atoms with van der Waals surface area (Å²) in [4.78, 5) is 26.8. The number of hydrogen-bond acceptors (Lipinski definition) is 3. The number of carbonyl (C=O) groups is 2. The van der Waals surface area contributed by atoms with Crippen LogP contribution in [-0.4, -0.2) is 23.3 Å². The molecular formula is C14H19N3O2.